The molecule has 0 spiro atoms. The van der Waals surface area contributed by atoms with Crippen LogP contribution in [0.2, 0.25) is 0 Å². The van der Waals surface area contributed by atoms with Gasteiger partial charge in [-0.05, 0) is 55.8 Å². The Labute approximate surface area is 203 Å². The maximum atomic E-state index is 13.5. The van der Waals surface area contributed by atoms with Crippen LogP contribution in [0.3, 0.4) is 0 Å². The van der Waals surface area contributed by atoms with Gasteiger partial charge in [-0.3, -0.25) is 13.9 Å². The number of carbonyl (C=O) groups is 1. The van der Waals surface area contributed by atoms with Crippen molar-refractivity contribution in [3.05, 3.63) is 61.6 Å². The van der Waals surface area contributed by atoms with E-state index in [0.29, 0.717) is 15.9 Å². The van der Waals surface area contributed by atoms with Gasteiger partial charge in [0.2, 0.25) is 0 Å². The van der Waals surface area contributed by atoms with E-state index in [1.54, 1.807) is 51.4 Å². The maximum Gasteiger partial charge on any atom is 0.419 e. The van der Waals surface area contributed by atoms with Gasteiger partial charge in [-0.1, -0.05) is 24.1 Å². The molecule has 0 saturated heterocycles. The van der Waals surface area contributed by atoms with E-state index in [4.69, 9.17) is 4.74 Å². The maximum absolute atomic E-state index is 13.5. The Bertz CT molecular complexity index is 1620. The first-order valence-electron chi connectivity index (χ1n) is 10.6. The molecule has 0 bridgehead atoms. The van der Waals surface area contributed by atoms with Gasteiger partial charge in [-0.25, -0.2) is 19.1 Å². The van der Waals surface area contributed by atoms with Crippen molar-refractivity contribution < 1.29 is 9.53 Å². The lowest BCUT2D eigenvalue weighted by molar-refractivity contribution is 0.0540. The first-order valence-corrected chi connectivity index (χ1v) is 11.4. The number of ether oxygens (including phenoxy) is 1. The SMILES string of the molecule is CC#CCn1c(Br)nc2c1c(=O)n(Cc1cc3ccccc3n1C(=O)OC(C)(C)C)c(=O)n2C. The molecule has 0 aliphatic rings. The fourth-order valence-corrected chi connectivity index (χ4v) is 4.27. The molecule has 0 unspecified atom stereocenters. The van der Waals surface area contributed by atoms with E-state index >= 15 is 0 Å². The number of para-hydroxylation sites is 1. The van der Waals surface area contributed by atoms with Gasteiger partial charge >= 0.3 is 11.8 Å². The van der Waals surface area contributed by atoms with Gasteiger partial charge in [-0.2, -0.15) is 0 Å². The van der Waals surface area contributed by atoms with E-state index in [2.05, 4.69) is 32.8 Å². The number of benzene rings is 1. The van der Waals surface area contributed by atoms with Gasteiger partial charge in [0.25, 0.3) is 5.56 Å². The average Bonchev–Trinajstić information content (AvgIpc) is 3.29. The molecule has 10 heteroatoms. The predicted molar refractivity (Wildman–Crippen MR) is 133 cm³/mol. The summed E-state index contributed by atoms with van der Waals surface area (Å²) in [6.45, 7) is 7.15. The number of imidazole rings is 1. The van der Waals surface area contributed by atoms with Crippen molar-refractivity contribution in [3.8, 4) is 11.8 Å². The van der Waals surface area contributed by atoms with Crippen LogP contribution in [0.15, 0.2) is 44.7 Å². The van der Waals surface area contributed by atoms with Crippen LogP contribution in [0.1, 0.15) is 33.4 Å². The Hall–Kier alpha value is -3.58. The highest BCUT2D eigenvalue weighted by molar-refractivity contribution is 9.10. The van der Waals surface area contributed by atoms with Crippen LogP contribution >= 0.6 is 15.9 Å². The first kappa shape index (κ1) is 23.6. The molecule has 0 aliphatic heterocycles. The van der Waals surface area contributed by atoms with Crippen LogP contribution in [0.4, 0.5) is 4.79 Å². The summed E-state index contributed by atoms with van der Waals surface area (Å²) < 4.78 is 11.5. The molecule has 0 atom stereocenters. The zero-order chi connectivity index (χ0) is 24.8. The van der Waals surface area contributed by atoms with Crippen molar-refractivity contribution >= 4 is 44.1 Å². The zero-order valence-electron chi connectivity index (χ0n) is 19.5. The van der Waals surface area contributed by atoms with Crippen molar-refractivity contribution in [3.63, 3.8) is 0 Å². The Balaban J connectivity index is 1.94. The molecule has 0 saturated carbocycles. The van der Waals surface area contributed by atoms with E-state index in [1.165, 1.54) is 9.13 Å². The average molecular weight is 526 g/mol. The Kier molecular flexibility index (Phi) is 6.00. The summed E-state index contributed by atoms with van der Waals surface area (Å²) in [5.41, 5.74) is -0.200. The Morgan fingerprint density at radius 2 is 1.88 bits per heavy atom. The molecule has 0 radical (unpaired) electrons. The van der Waals surface area contributed by atoms with Gasteiger partial charge in [0.05, 0.1) is 24.3 Å². The zero-order valence-corrected chi connectivity index (χ0v) is 21.1. The summed E-state index contributed by atoms with van der Waals surface area (Å²) in [6.07, 6.45) is -0.583. The van der Waals surface area contributed by atoms with Crippen LogP contribution in [0, 0.1) is 11.8 Å². The highest BCUT2D eigenvalue weighted by Crippen LogP contribution is 2.23. The summed E-state index contributed by atoms with van der Waals surface area (Å²) in [5.74, 6) is 5.72. The van der Waals surface area contributed by atoms with Crippen LogP contribution in [0.5, 0.6) is 0 Å². The number of hydrogen-bond acceptors (Lipinski definition) is 5. The summed E-state index contributed by atoms with van der Waals surface area (Å²) in [7, 11) is 1.55. The molecule has 9 nitrogen and oxygen atoms in total. The number of fused-ring (bicyclic) bond motifs is 2. The number of nitrogens with zero attached hydrogens (tertiary/aromatic N) is 5. The summed E-state index contributed by atoms with van der Waals surface area (Å²) in [6, 6.07) is 9.11. The van der Waals surface area contributed by atoms with Crippen molar-refractivity contribution in [2.45, 2.75) is 46.4 Å². The van der Waals surface area contributed by atoms with Crippen LogP contribution in [-0.4, -0.2) is 34.9 Å². The third-order valence-electron chi connectivity index (χ3n) is 5.28. The van der Waals surface area contributed by atoms with Gasteiger partial charge in [0, 0.05) is 12.4 Å². The second-order valence-electron chi connectivity index (χ2n) is 8.81. The quantitative estimate of drug-likeness (QED) is 0.301. The van der Waals surface area contributed by atoms with Gasteiger partial charge < -0.3 is 9.30 Å². The standard InChI is InChI=1S/C24H24BrN5O4/c1-6-7-12-28-18-19(26-21(28)25)27(5)22(32)29(20(18)31)14-16-13-15-10-8-9-11-17(15)30(16)23(33)34-24(2,3)4/h8-11,13H,12,14H2,1-5H3. The molecule has 0 fully saturated rings. The molecule has 1 aromatic carbocycles. The van der Waals surface area contributed by atoms with Crippen molar-refractivity contribution in [1.29, 1.82) is 0 Å². The van der Waals surface area contributed by atoms with Crippen LogP contribution < -0.4 is 11.2 Å². The van der Waals surface area contributed by atoms with E-state index < -0.39 is 22.9 Å². The van der Waals surface area contributed by atoms with Gasteiger partial charge in [0.1, 0.15) is 5.60 Å². The minimum absolute atomic E-state index is 0.127. The number of halogens is 1. The minimum Gasteiger partial charge on any atom is -0.443 e. The number of carbonyl (C=O) groups excluding carboxylic acids is 1. The minimum atomic E-state index is -0.718. The summed E-state index contributed by atoms with van der Waals surface area (Å²) in [4.78, 5) is 44.1. The molecule has 4 aromatic rings. The summed E-state index contributed by atoms with van der Waals surface area (Å²) in [5, 5.41) is 0.792. The normalized spacial score (nSPS) is 11.6. The number of aromatic nitrogens is 5. The number of aryl methyl sites for hydroxylation is 1. The van der Waals surface area contributed by atoms with Crippen LogP contribution in [0.25, 0.3) is 22.1 Å². The van der Waals surface area contributed by atoms with Gasteiger partial charge in [0.15, 0.2) is 15.9 Å². The molecule has 34 heavy (non-hydrogen) atoms. The molecule has 0 amide bonds. The monoisotopic (exact) mass is 525 g/mol. The Morgan fingerprint density at radius 1 is 1.18 bits per heavy atom. The molecule has 3 heterocycles. The third-order valence-corrected chi connectivity index (χ3v) is 5.89. The summed E-state index contributed by atoms with van der Waals surface area (Å²) >= 11 is 3.36. The van der Waals surface area contributed by atoms with Gasteiger partial charge in [-0.15, -0.1) is 5.92 Å². The van der Waals surface area contributed by atoms with Crippen molar-refractivity contribution in [1.82, 2.24) is 23.3 Å². The fourth-order valence-electron chi connectivity index (χ4n) is 3.80. The number of rotatable bonds is 3. The molecule has 4 rings (SSSR count). The Morgan fingerprint density at radius 3 is 2.56 bits per heavy atom. The topological polar surface area (TPSA) is 93.1 Å². The molecule has 0 aliphatic carbocycles. The van der Waals surface area contributed by atoms with E-state index in [0.717, 1.165) is 9.95 Å². The fraction of sp³-hybridized carbons (Fsp3) is 0.333. The highest BCUT2D eigenvalue weighted by atomic mass is 79.9. The molecular weight excluding hydrogens is 502 g/mol. The lowest BCUT2D eigenvalue weighted by Gasteiger charge is -2.21. The van der Waals surface area contributed by atoms with Crippen LogP contribution in [-0.2, 0) is 24.9 Å². The molecule has 3 aromatic heterocycles. The van der Waals surface area contributed by atoms with Crippen molar-refractivity contribution in [2.24, 2.45) is 7.05 Å². The lowest BCUT2D eigenvalue weighted by atomic mass is 10.2. The lowest BCUT2D eigenvalue weighted by Crippen LogP contribution is -2.40. The van der Waals surface area contributed by atoms with E-state index in [1.807, 2.05) is 18.2 Å². The third kappa shape index (κ3) is 4.07. The predicted octanol–water partition coefficient (Wildman–Crippen LogP) is 3.47. The highest BCUT2D eigenvalue weighted by Gasteiger charge is 2.24. The van der Waals surface area contributed by atoms with E-state index in [-0.39, 0.29) is 24.3 Å². The molecular formula is C24H24BrN5O4. The first-order chi connectivity index (χ1) is 16.0. The second kappa shape index (κ2) is 8.65. The molecule has 176 valence electrons. The molecule has 0 N–H and O–H groups in total. The van der Waals surface area contributed by atoms with Crippen molar-refractivity contribution in [2.75, 3.05) is 0 Å². The largest absolute Gasteiger partial charge is 0.443 e. The second-order valence-corrected chi connectivity index (χ2v) is 9.52. The van der Waals surface area contributed by atoms with E-state index in [9.17, 15) is 14.4 Å². The number of hydrogen-bond donors (Lipinski definition) is 0. The smallest absolute Gasteiger partial charge is 0.419 e.